The van der Waals surface area contributed by atoms with Gasteiger partial charge in [0.2, 0.25) is 5.91 Å². The van der Waals surface area contributed by atoms with Gasteiger partial charge in [-0.1, -0.05) is 47.1 Å². The van der Waals surface area contributed by atoms with Crippen LogP contribution in [0.25, 0.3) is 0 Å². The number of hydrogen-bond acceptors (Lipinski definition) is 5. The van der Waals surface area contributed by atoms with Gasteiger partial charge in [-0.15, -0.1) is 10.2 Å². The van der Waals surface area contributed by atoms with E-state index in [9.17, 15) is 14.0 Å². The van der Waals surface area contributed by atoms with Crippen LogP contribution < -0.4 is 10.6 Å². The van der Waals surface area contributed by atoms with Crippen LogP contribution in [0.5, 0.6) is 0 Å². The lowest BCUT2D eigenvalue weighted by molar-refractivity contribution is -0.113. The molecule has 1 atom stereocenters. The third-order valence-corrected chi connectivity index (χ3v) is 5.80. The Morgan fingerprint density at radius 1 is 1.16 bits per heavy atom. The van der Waals surface area contributed by atoms with Gasteiger partial charge in [0, 0.05) is 22.3 Å². The number of halogens is 3. The first-order valence-corrected chi connectivity index (χ1v) is 11.4. The van der Waals surface area contributed by atoms with Crippen molar-refractivity contribution in [2.75, 3.05) is 11.1 Å². The lowest BCUT2D eigenvalue weighted by atomic mass is 10.2. The number of aromatic nitrogens is 3. The van der Waals surface area contributed by atoms with Crippen molar-refractivity contribution in [1.82, 2.24) is 20.1 Å². The number of carbonyl (C=O) groups is 2. The van der Waals surface area contributed by atoms with Gasteiger partial charge in [-0.3, -0.25) is 9.59 Å². The van der Waals surface area contributed by atoms with Crippen molar-refractivity contribution in [3.05, 3.63) is 69.7 Å². The van der Waals surface area contributed by atoms with Crippen molar-refractivity contribution >= 4 is 52.5 Å². The maximum absolute atomic E-state index is 13.9. The minimum Gasteiger partial charge on any atom is -0.342 e. The Morgan fingerprint density at radius 3 is 2.50 bits per heavy atom. The van der Waals surface area contributed by atoms with Gasteiger partial charge in [-0.2, -0.15) is 0 Å². The minimum absolute atomic E-state index is 0.0469. The maximum atomic E-state index is 13.9. The van der Waals surface area contributed by atoms with Crippen LogP contribution in [-0.4, -0.2) is 32.3 Å². The summed E-state index contributed by atoms with van der Waals surface area (Å²) in [6.07, 6.45) is 0. The normalized spacial score (nSPS) is 11.8. The van der Waals surface area contributed by atoms with Gasteiger partial charge in [0.25, 0.3) is 5.91 Å². The van der Waals surface area contributed by atoms with E-state index in [1.807, 2.05) is 6.92 Å². The third-order valence-electron chi connectivity index (χ3n) is 4.39. The zero-order valence-corrected chi connectivity index (χ0v) is 19.6. The van der Waals surface area contributed by atoms with E-state index in [4.69, 9.17) is 23.2 Å². The van der Waals surface area contributed by atoms with Crippen LogP contribution in [0, 0.1) is 5.82 Å². The smallest absolute Gasteiger partial charge is 0.254 e. The van der Waals surface area contributed by atoms with E-state index in [1.54, 1.807) is 35.8 Å². The third kappa shape index (κ3) is 5.99. The molecule has 3 rings (SSSR count). The average Bonchev–Trinajstić information content (AvgIpc) is 3.14. The maximum Gasteiger partial charge on any atom is 0.254 e. The molecule has 0 spiro atoms. The lowest BCUT2D eigenvalue weighted by Gasteiger charge is -2.15. The summed E-state index contributed by atoms with van der Waals surface area (Å²) < 4.78 is 15.7. The summed E-state index contributed by atoms with van der Waals surface area (Å²) in [7, 11) is 0. The van der Waals surface area contributed by atoms with E-state index in [0.29, 0.717) is 33.3 Å². The summed E-state index contributed by atoms with van der Waals surface area (Å²) in [6, 6.07) is 10.0. The summed E-state index contributed by atoms with van der Waals surface area (Å²) >= 11 is 13.1. The molecule has 0 radical (unpaired) electrons. The van der Waals surface area contributed by atoms with Crippen molar-refractivity contribution in [3.8, 4) is 0 Å². The number of benzene rings is 2. The molecule has 2 aromatic carbocycles. The number of nitrogens with zero attached hydrogens (tertiary/aromatic N) is 3. The Morgan fingerprint density at radius 2 is 1.84 bits per heavy atom. The Labute approximate surface area is 198 Å². The molecular formula is C21H20Cl2FN5O2S. The lowest BCUT2D eigenvalue weighted by Crippen LogP contribution is -2.29. The van der Waals surface area contributed by atoms with Gasteiger partial charge in [-0.25, -0.2) is 4.39 Å². The van der Waals surface area contributed by atoms with Gasteiger partial charge in [0.15, 0.2) is 11.0 Å². The fourth-order valence-electron chi connectivity index (χ4n) is 2.96. The van der Waals surface area contributed by atoms with Crippen molar-refractivity contribution in [3.63, 3.8) is 0 Å². The van der Waals surface area contributed by atoms with Gasteiger partial charge < -0.3 is 15.2 Å². The number of hydrogen-bond donors (Lipinski definition) is 2. The molecule has 32 heavy (non-hydrogen) atoms. The number of nitrogens with one attached hydrogen (secondary N) is 2. The first-order chi connectivity index (χ1) is 15.3. The van der Waals surface area contributed by atoms with E-state index in [1.165, 1.54) is 30.0 Å². The second kappa shape index (κ2) is 10.8. The molecular weight excluding hydrogens is 476 g/mol. The van der Waals surface area contributed by atoms with Crippen LogP contribution in [0.1, 0.15) is 36.1 Å². The first kappa shape index (κ1) is 24.0. The summed E-state index contributed by atoms with van der Waals surface area (Å²) in [4.78, 5) is 24.7. The second-order valence-corrected chi connectivity index (χ2v) is 8.57. The molecule has 0 unspecified atom stereocenters. The number of rotatable bonds is 8. The molecule has 7 nitrogen and oxygen atoms in total. The molecule has 0 aliphatic rings. The molecule has 0 aliphatic heterocycles. The molecule has 0 aliphatic carbocycles. The summed E-state index contributed by atoms with van der Waals surface area (Å²) in [5.74, 6) is -0.825. The van der Waals surface area contributed by atoms with Crippen LogP contribution >= 0.6 is 35.0 Å². The molecule has 3 aromatic rings. The topological polar surface area (TPSA) is 88.9 Å². The molecule has 0 saturated carbocycles. The number of anilines is 1. The van der Waals surface area contributed by atoms with Gasteiger partial charge in [-0.05, 0) is 44.2 Å². The highest BCUT2D eigenvalue weighted by atomic mass is 35.5. The van der Waals surface area contributed by atoms with Crippen molar-refractivity contribution in [2.45, 2.75) is 31.6 Å². The van der Waals surface area contributed by atoms with Crippen molar-refractivity contribution in [1.29, 1.82) is 0 Å². The summed E-state index contributed by atoms with van der Waals surface area (Å²) in [5.41, 5.74) is 0.449. The largest absolute Gasteiger partial charge is 0.342 e. The Kier molecular flexibility index (Phi) is 8.11. The number of carbonyl (C=O) groups excluding carboxylic acids is 2. The van der Waals surface area contributed by atoms with Crippen LogP contribution in [0.3, 0.4) is 0 Å². The van der Waals surface area contributed by atoms with Gasteiger partial charge in [0.05, 0.1) is 17.4 Å². The van der Waals surface area contributed by atoms with Crippen LogP contribution in [0.15, 0.2) is 47.6 Å². The van der Waals surface area contributed by atoms with Crippen molar-refractivity contribution < 1.29 is 14.0 Å². The molecule has 1 heterocycles. The Hall–Kier alpha value is -2.62. The fraction of sp³-hybridized carbons (Fsp3) is 0.238. The fourth-order valence-corrected chi connectivity index (χ4v) is 4.30. The highest BCUT2D eigenvalue weighted by Crippen LogP contribution is 2.24. The minimum atomic E-state index is -0.600. The SMILES string of the molecule is CCn1c(SCC(=O)Nc2cc(Cl)cc(Cl)c2)nnc1[C@H](C)NC(=O)c1ccccc1F. The second-order valence-electron chi connectivity index (χ2n) is 6.76. The van der Waals surface area contributed by atoms with E-state index in [2.05, 4.69) is 20.8 Å². The molecule has 2 amide bonds. The van der Waals surface area contributed by atoms with Gasteiger partial charge in [0.1, 0.15) is 5.82 Å². The van der Waals surface area contributed by atoms with E-state index in [-0.39, 0.29) is 17.2 Å². The van der Waals surface area contributed by atoms with E-state index in [0.717, 1.165) is 0 Å². The Bertz CT molecular complexity index is 1120. The molecule has 11 heteroatoms. The number of thioether (sulfide) groups is 1. The summed E-state index contributed by atoms with van der Waals surface area (Å²) in [6.45, 7) is 4.16. The molecule has 0 saturated heterocycles. The predicted molar refractivity (Wildman–Crippen MR) is 124 cm³/mol. The zero-order valence-electron chi connectivity index (χ0n) is 17.2. The van der Waals surface area contributed by atoms with Gasteiger partial charge >= 0.3 is 0 Å². The molecule has 2 N–H and O–H groups in total. The molecule has 0 bridgehead atoms. The monoisotopic (exact) mass is 495 g/mol. The molecule has 168 valence electrons. The average molecular weight is 496 g/mol. The quantitative estimate of drug-likeness (QED) is 0.430. The molecule has 0 fully saturated rings. The van der Waals surface area contributed by atoms with E-state index >= 15 is 0 Å². The van der Waals surface area contributed by atoms with Crippen LogP contribution in [0.4, 0.5) is 10.1 Å². The first-order valence-electron chi connectivity index (χ1n) is 9.65. The summed E-state index contributed by atoms with van der Waals surface area (Å²) in [5, 5.41) is 15.1. The number of amides is 2. The predicted octanol–water partition coefficient (Wildman–Crippen LogP) is 4.97. The van der Waals surface area contributed by atoms with E-state index < -0.39 is 17.8 Å². The van der Waals surface area contributed by atoms with Crippen molar-refractivity contribution in [2.24, 2.45) is 0 Å². The highest BCUT2D eigenvalue weighted by Gasteiger charge is 2.21. The molecule has 1 aromatic heterocycles. The Balaban J connectivity index is 1.64. The zero-order chi connectivity index (χ0) is 23.3. The van der Waals surface area contributed by atoms with Crippen LogP contribution in [0.2, 0.25) is 10.0 Å². The van der Waals surface area contributed by atoms with Crippen LogP contribution in [-0.2, 0) is 11.3 Å². The highest BCUT2D eigenvalue weighted by molar-refractivity contribution is 7.99. The standard InChI is InChI=1S/C21H20Cl2FN5O2S/c1-3-29-19(12(2)25-20(31)16-6-4-5-7-17(16)24)27-28-21(29)32-11-18(30)26-15-9-13(22)8-14(23)10-15/h4-10,12H,3,11H2,1-2H3,(H,25,31)(H,26,30)/t12-/m0/s1.